The summed E-state index contributed by atoms with van der Waals surface area (Å²) in [6, 6.07) is 0. The van der Waals surface area contributed by atoms with Crippen molar-refractivity contribution in [3.05, 3.63) is 12.2 Å². The van der Waals surface area contributed by atoms with Gasteiger partial charge in [-0.05, 0) is 128 Å². The van der Waals surface area contributed by atoms with Gasteiger partial charge in [-0.15, -0.1) is 0 Å². The third kappa shape index (κ3) is 2.65. The van der Waals surface area contributed by atoms with Crippen LogP contribution in [0.25, 0.3) is 0 Å². The second-order valence-corrected chi connectivity index (χ2v) is 14.2. The van der Waals surface area contributed by atoms with Crippen molar-refractivity contribution in [2.45, 2.75) is 119 Å². The van der Waals surface area contributed by atoms with Crippen molar-refractivity contribution in [3.63, 3.8) is 0 Å². The summed E-state index contributed by atoms with van der Waals surface area (Å²) < 4.78 is 26.0. The Kier molecular flexibility index (Phi) is 4.08. The highest BCUT2D eigenvalue weighted by atomic mass is 16.3. The molecule has 0 aliphatic heterocycles. The van der Waals surface area contributed by atoms with Crippen LogP contribution >= 0.6 is 0 Å². The highest BCUT2D eigenvalue weighted by Crippen LogP contribution is 2.77. The standard InChI is InChI=1S/C30H50O/c1-19(2)20-11-14-27(5)17-18-29(7)21(25(20)27)9-10-23-28(6)15-13-24(31)26(3,4)22(28)12-16-30(23,29)8/h20-25,31H,1,9-18H2,2-8H3/t20-,21+,22-,23+,24-,25-,27+,28-,29+,30+/m0/s1/i5D3. The summed E-state index contributed by atoms with van der Waals surface area (Å²) in [4.78, 5) is 0. The lowest BCUT2D eigenvalue weighted by Crippen LogP contribution is -2.66. The van der Waals surface area contributed by atoms with Gasteiger partial charge in [0.15, 0.2) is 0 Å². The van der Waals surface area contributed by atoms with E-state index in [9.17, 15) is 5.11 Å². The second-order valence-electron chi connectivity index (χ2n) is 14.2. The summed E-state index contributed by atoms with van der Waals surface area (Å²) in [7, 11) is 0. The second kappa shape index (κ2) is 6.64. The Bertz CT molecular complexity index is 862. The quantitative estimate of drug-likeness (QED) is 0.418. The summed E-state index contributed by atoms with van der Waals surface area (Å²) in [5.74, 6) is 2.33. The van der Waals surface area contributed by atoms with Crippen molar-refractivity contribution >= 4 is 0 Å². The van der Waals surface area contributed by atoms with Crippen LogP contribution in [-0.2, 0) is 0 Å². The average molecular weight is 430 g/mol. The van der Waals surface area contributed by atoms with Gasteiger partial charge in [0.2, 0.25) is 0 Å². The number of hydrogen-bond donors (Lipinski definition) is 1. The van der Waals surface area contributed by atoms with Gasteiger partial charge < -0.3 is 5.11 Å². The van der Waals surface area contributed by atoms with E-state index in [2.05, 4.69) is 48.1 Å². The Balaban J connectivity index is 1.57. The third-order valence-corrected chi connectivity index (χ3v) is 13.0. The van der Waals surface area contributed by atoms with Gasteiger partial charge in [0.1, 0.15) is 0 Å². The molecule has 0 aromatic carbocycles. The molecule has 5 saturated carbocycles. The van der Waals surface area contributed by atoms with E-state index >= 15 is 0 Å². The van der Waals surface area contributed by atoms with Crippen LogP contribution in [0.15, 0.2) is 12.2 Å². The average Bonchev–Trinajstić information content (AvgIpc) is 3.13. The molecule has 5 fully saturated rings. The summed E-state index contributed by atoms with van der Waals surface area (Å²) >= 11 is 0. The highest BCUT2D eigenvalue weighted by molar-refractivity contribution is 5.21. The molecule has 0 aromatic rings. The predicted molar refractivity (Wildman–Crippen MR) is 131 cm³/mol. The van der Waals surface area contributed by atoms with Crippen LogP contribution < -0.4 is 0 Å². The van der Waals surface area contributed by atoms with Crippen LogP contribution in [-0.4, -0.2) is 11.2 Å². The van der Waals surface area contributed by atoms with E-state index in [1.807, 2.05) is 0 Å². The van der Waals surface area contributed by atoms with Crippen molar-refractivity contribution in [2.24, 2.45) is 56.7 Å². The molecule has 0 radical (unpaired) electrons. The first-order chi connectivity index (χ1) is 15.6. The minimum Gasteiger partial charge on any atom is -0.393 e. The SMILES string of the molecule is [2H]C([2H])([2H])[C@]12CC[C@@H](C(=C)C)[C@H]1[C@H]1CC[C@@H]3[C@@]4(C)CC[C@H](O)C(C)(C)[C@@H]4CC[C@@]3(C)[C@]1(C)CC2. The monoisotopic (exact) mass is 429 g/mol. The Morgan fingerprint density at radius 2 is 1.58 bits per heavy atom. The highest BCUT2D eigenvalue weighted by Gasteiger charge is 2.70. The number of aliphatic hydroxyl groups is 1. The molecule has 0 unspecified atom stereocenters. The van der Waals surface area contributed by atoms with E-state index in [-0.39, 0.29) is 33.7 Å². The molecular formula is C30H50O. The lowest BCUT2D eigenvalue weighted by atomic mass is 9.32. The normalized spacial score (nSPS) is 59.8. The molecule has 0 aromatic heterocycles. The molecule has 176 valence electrons. The molecule has 1 nitrogen and oxygen atoms in total. The number of aliphatic hydroxyl groups excluding tert-OH is 1. The first-order valence-electron chi connectivity index (χ1n) is 14.9. The van der Waals surface area contributed by atoms with Crippen LogP contribution in [0.2, 0.25) is 0 Å². The van der Waals surface area contributed by atoms with Gasteiger partial charge in [-0.2, -0.15) is 0 Å². The smallest absolute Gasteiger partial charge is 0.0594 e. The van der Waals surface area contributed by atoms with Crippen molar-refractivity contribution in [2.75, 3.05) is 0 Å². The first-order valence-corrected chi connectivity index (χ1v) is 13.4. The predicted octanol–water partition coefficient (Wildman–Crippen LogP) is 8.02. The molecule has 5 aliphatic carbocycles. The fraction of sp³-hybridized carbons (Fsp3) is 0.933. The van der Waals surface area contributed by atoms with E-state index in [1.165, 1.54) is 31.3 Å². The van der Waals surface area contributed by atoms with Gasteiger partial charge in [-0.3, -0.25) is 0 Å². The van der Waals surface area contributed by atoms with Crippen LogP contribution in [0.4, 0.5) is 0 Å². The first kappa shape index (κ1) is 19.1. The summed E-state index contributed by atoms with van der Waals surface area (Å²) in [6.07, 6.45) is 10.5. The maximum absolute atomic E-state index is 10.9. The van der Waals surface area contributed by atoms with E-state index in [0.717, 1.165) is 38.5 Å². The molecule has 31 heavy (non-hydrogen) atoms. The minimum absolute atomic E-state index is 0.0223. The molecule has 0 bridgehead atoms. The van der Waals surface area contributed by atoms with Crippen LogP contribution in [0.3, 0.4) is 0 Å². The van der Waals surface area contributed by atoms with Gasteiger partial charge in [-0.25, -0.2) is 0 Å². The van der Waals surface area contributed by atoms with E-state index in [1.54, 1.807) is 0 Å². The molecule has 1 N–H and O–H groups in total. The van der Waals surface area contributed by atoms with Crippen LogP contribution in [0.5, 0.6) is 0 Å². The zero-order valence-electron chi connectivity index (χ0n) is 24.2. The lowest BCUT2D eigenvalue weighted by Gasteiger charge is -2.73. The molecular weight excluding hydrogens is 376 g/mol. The Morgan fingerprint density at radius 3 is 2.26 bits per heavy atom. The molecule has 0 amide bonds. The topological polar surface area (TPSA) is 20.2 Å². The minimum atomic E-state index is -1.88. The zero-order chi connectivity index (χ0) is 25.1. The largest absolute Gasteiger partial charge is 0.393 e. The fourth-order valence-corrected chi connectivity index (χ4v) is 11.1. The van der Waals surface area contributed by atoms with Gasteiger partial charge in [0.05, 0.1) is 6.10 Å². The molecule has 0 saturated heterocycles. The Hall–Kier alpha value is -0.300. The molecule has 0 spiro atoms. The molecule has 0 heterocycles. The van der Waals surface area contributed by atoms with E-state index in [4.69, 9.17) is 4.11 Å². The summed E-state index contributed by atoms with van der Waals surface area (Å²) in [5.41, 5.74) is 1.37. The summed E-state index contributed by atoms with van der Waals surface area (Å²) in [5, 5.41) is 10.9. The van der Waals surface area contributed by atoms with Crippen molar-refractivity contribution < 1.29 is 9.22 Å². The lowest BCUT2D eigenvalue weighted by molar-refractivity contribution is -0.246. The molecule has 5 aliphatic rings. The van der Waals surface area contributed by atoms with Gasteiger partial charge in [-0.1, -0.05) is 53.6 Å². The zero-order valence-corrected chi connectivity index (χ0v) is 21.2. The van der Waals surface area contributed by atoms with Crippen molar-refractivity contribution in [1.82, 2.24) is 0 Å². The van der Waals surface area contributed by atoms with Gasteiger partial charge in [0, 0.05) is 4.11 Å². The molecule has 10 atom stereocenters. The van der Waals surface area contributed by atoms with E-state index < -0.39 is 12.3 Å². The number of hydrogen-bond acceptors (Lipinski definition) is 1. The Morgan fingerprint density at radius 1 is 0.839 bits per heavy atom. The number of allylic oxidation sites excluding steroid dienone is 1. The third-order valence-electron chi connectivity index (χ3n) is 13.0. The van der Waals surface area contributed by atoms with Crippen molar-refractivity contribution in [1.29, 1.82) is 0 Å². The molecule has 5 rings (SSSR count). The van der Waals surface area contributed by atoms with Crippen molar-refractivity contribution in [3.8, 4) is 0 Å². The molecule has 1 heteroatoms. The number of rotatable bonds is 1. The number of fused-ring (bicyclic) bond motifs is 7. The van der Waals surface area contributed by atoms with Gasteiger partial charge >= 0.3 is 0 Å². The van der Waals surface area contributed by atoms with Crippen LogP contribution in [0, 0.1) is 56.7 Å². The summed E-state index contributed by atoms with van der Waals surface area (Å²) in [6.45, 7) is 17.0. The maximum Gasteiger partial charge on any atom is 0.0594 e. The van der Waals surface area contributed by atoms with Crippen LogP contribution in [0.1, 0.15) is 117 Å². The Labute approximate surface area is 197 Å². The van der Waals surface area contributed by atoms with Gasteiger partial charge in [0.25, 0.3) is 0 Å². The maximum atomic E-state index is 10.9. The fourth-order valence-electron chi connectivity index (χ4n) is 11.1. The van der Waals surface area contributed by atoms with E-state index in [0.29, 0.717) is 23.7 Å².